The van der Waals surface area contributed by atoms with Crippen molar-refractivity contribution < 1.29 is 47.0 Å². The van der Waals surface area contributed by atoms with Gasteiger partial charge in [-0.05, 0) is 29.3 Å². The van der Waals surface area contributed by atoms with Crippen LogP contribution >= 0.6 is 0 Å². The average Bonchev–Trinajstić information content (AvgIpc) is 3.50. The smallest absolute Gasteiger partial charge is 0.414 e. The summed E-state index contributed by atoms with van der Waals surface area (Å²) in [5.41, 5.74) is 0.0762. The van der Waals surface area contributed by atoms with Crippen LogP contribution in [0.4, 0.5) is 19.3 Å². The van der Waals surface area contributed by atoms with Crippen LogP contribution in [-0.2, 0) is 19.1 Å². The van der Waals surface area contributed by atoms with Crippen molar-refractivity contribution in [1.82, 2.24) is 10.1 Å². The van der Waals surface area contributed by atoms with Crippen molar-refractivity contribution in [3.05, 3.63) is 47.7 Å². The molecule has 2 aliphatic heterocycles. The predicted octanol–water partition coefficient (Wildman–Crippen LogP) is 1.90. The number of aliphatic hydroxyl groups is 1. The molecular formula is C23H23F2N3O8. The Morgan fingerprint density at radius 1 is 1.31 bits per heavy atom. The van der Waals surface area contributed by atoms with E-state index in [2.05, 4.69) is 14.4 Å². The lowest BCUT2D eigenvalue weighted by molar-refractivity contribution is -0.151. The molecule has 0 radical (unpaired) electrons. The van der Waals surface area contributed by atoms with Crippen LogP contribution in [0.2, 0.25) is 0 Å². The highest BCUT2D eigenvalue weighted by Gasteiger charge is 2.34. The fraction of sp³-hybridized carbons (Fsp3) is 0.391. The predicted molar refractivity (Wildman–Crippen MR) is 118 cm³/mol. The Hall–Kier alpha value is -4.00. The summed E-state index contributed by atoms with van der Waals surface area (Å²) in [5.74, 6) is -2.82. The standard InChI is InChI=1S/C23H23F2N3O8/c1-13(29)33-12-19(30)22(31)27-5-2-14(3-6-27)21-17(24)8-15(9-18(21)25)28-10-16(36-23(28)32)11-34-20-4-7-35-26-20/h2,4,7-9,16,19,30H,3,5-6,10-12H2,1H3/t16-,19+/m1/s1. The fourth-order valence-corrected chi connectivity index (χ4v) is 3.87. The van der Waals surface area contributed by atoms with E-state index < -0.39 is 48.4 Å². The Kier molecular flexibility index (Phi) is 7.48. The van der Waals surface area contributed by atoms with Gasteiger partial charge in [-0.25, -0.2) is 13.6 Å². The van der Waals surface area contributed by atoms with E-state index in [1.807, 2.05) is 0 Å². The molecule has 2 aromatic rings. The molecule has 0 spiro atoms. The number of hydrogen-bond acceptors (Lipinski definition) is 9. The molecule has 0 bridgehead atoms. The van der Waals surface area contributed by atoms with Crippen molar-refractivity contribution in [2.45, 2.75) is 25.6 Å². The maximum Gasteiger partial charge on any atom is 0.414 e. The third kappa shape index (κ3) is 5.62. The van der Waals surface area contributed by atoms with Gasteiger partial charge >= 0.3 is 12.1 Å². The summed E-state index contributed by atoms with van der Waals surface area (Å²) in [6.45, 7) is 0.797. The number of aliphatic hydroxyl groups excluding tert-OH is 1. The number of cyclic esters (lactones) is 1. The zero-order valence-electron chi connectivity index (χ0n) is 19.2. The largest absolute Gasteiger partial charge is 0.471 e. The van der Waals surface area contributed by atoms with E-state index >= 15 is 0 Å². The maximum absolute atomic E-state index is 15.0. The molecule has 1 saturated heterocycles. The van der Waals surface area contributed by atoms with Crippen molar-refractivity contribution in [1.29, 1.82) is 0 Å². The molecule has 13 heteroatoms. The number of carbonyl (C=O) groups excluding carboxylic acids is 3. The topological polar surface area (TPSA) is 132 Å². The second-order valence-corrected chi connectivity index (χ2v) is 8.13. The summed E-state index contributed by atoms with van der Waals surface area (Å²) in [5, 5.41) is 13.5. The van der Waals surface area contributed by atoms with Crippen molar-refractivity contribution in [3.63, 3.8) is 0 Å². The lowest BCUT2D eigenvalue weighted by Gasteiger charge is -2.28. The molecule has 2 amide bonds. The molecule has 0 unspecified atom stereocenters. The average molecular weight is 507 g/mol. The monoisotopic (exact) mass is 507 g/mol. The number of esters is 1. The van der Waals surface area contributed by atoms with Gasteiger partial charge in [0.1, 0.15) is 31.1 Å². The lowest BCUT2D eigenvalue weighted by atomic mass is 9.97. The zero-order chi connectivity index (χ0) is 25.8. The maximum atomic E-state index is 15.0. The Balaban J connectivity index is 1.40. The minimum absolute atomic E-state index is 0.00973. The molecule has 0 saturated carbocycles. The molecule has 0 aliphatic carbocycles. The van der Waals surface area contributed by atoms with E-state index in [1.165, 1.54) is 23.3 Å². The first-order valence-corrected chi connectivity index (χ1v) is 11.0. The van der Waals surface area contributed by atoms with E-state index in [4.69, 9.17) is 9.47 Å². The van der Waals surface area contributed by atoms with E-state index in [1.54, 1.807) is 0 Å². The SMILES string of the molecule is CC(=O)OC[C@H](O)C(=O)N1CC=C(c2c(F)cc(N3C[C@H](COc4ccon4)OC3=O)cc2F)CC1. The number of anilines is 1. The van der Waals surface area contributed by atoms with Gasteiger partial charge < -0.3 is 28.7 Å². The third-order valence-corrected chi connectivity index (χ3v) is 5.62. The summed E-state index contributed by atoms with van der Waals surface area (Å²) < 4.78 is 49.8. The van der Waals surface area contributed by atoms with E-state index in [9.17, 15) is 28.3 Å². The first-order valence-electron chi connectivity index (χ1n) is 11.0. The number of benzene rings is 1. The van der Waals surface area contributed by atoms with Crippen LogP contribution in [0.15, 0.2) is 35.1 Å². The number of ether oxygens (including phenoxy) is 3. The Morgan fingerprint density at radius 3 is 2.67 bits per heavy atom. The van der Waals surface area contributed by atoms with Gasteiger partial charge in [0.2, 0.25) is 0 Å². The number of amides is 2. The van der Waals surface area contributed by atoms with Gasteiger partial charge in [0, 0.05) is 31.6 Å². The molecule has 2 aliphatic rings. The van der Waals surface area contributed by atoms with Gasteiger partial charge in [0.05, 0.1) is 12.2 Å². The number of carbonyl (C=O) groups is 3. The molecule has 1 fully saturated rings. The minimum atomic E-state index is -1.53. The van der Waals surface area contributed by atoms with Gasteiger partial charge in [-0.15, -0.1) is 0 Å². The molecule has 36 heavy (non-hydrogen) atoms. The second kappa shape index (κ2) is 10.7. The molecule has 3 heterocycles. The van der Waals surface area contributed by atoms with Crippen molar-refractivity contribution in [2.75, 3.05) is 37.7 Å². The first kappa shape index (κ1) is 25.1. The zero-order valence-corrected chi connectivity index (χ0v) is 19.2. The molecule has 4 rings (SSSR count). The van der Waals surface area contributed by atoms with Crippen LogP contribution < -0.4 is 9.64 Å². The summed E-state index contributed by atoms with van der Waals surface area (Å²) in [4.78, 5) is 37.8. The normalized spacial score (nSPS) is 18.5. The summed E-state index contributed by atoms with van der Waals surface area (Å²) in [6.07, 6.45) is -0.0345. The molecular weight excluding hydrogens is 484 g/mol. The van der Waals surface area contributed by atoms with Gasteiger partial charge in [0.25, 0.3) is 11.8 Å². The minimum Gasteiger partial charge on any atom is -0.471 e. The van der Waals surface area contributed by atoms with Gasteiger partial charge in [-0.3, -0.25) is 14.5 Å². The number of aromatic nitrogens is 1. The van der Waals surface area contributed by atoms with E-state index in [0.29, 0.717) is 5.57 Å². The molecule has 1 N–H and O–H groups in total. The Labute approximate surface area is 203 Å². The number of hydrogen-bond donors (Lipinski definition) is 1. The third-order valence-electron chi connectivity index (χ3n) is 5.62. The van der Waals surface area contributed by atoms with Crippen LogP contribution in [0.5, 0.6) is 5.88 Å². The molecule has 2 atom stereocenters. The highest BCUT2D eigenvalue weighted by molar-refractivity contribution is 5.90. The van der Waals surface area contributed by atoms with Crippen molar-refractivity contribution in [3.8, 4) is 5.88 Å². The van der Waals surface area contributed by atoms with Crippen LogP contribution in [0.3, 0.4) is 0 Å². The lowest BCUT2D eigenvalue weighted by Crippen LogP contribution is -2.43. The fourth-order valence-electron chi connectivity index (χ4n) is 3.87. The van der Waals surface area contributed by atoms with Gasteiger partial charge in [-0.2, -0.15) is 0 Å². The summed E-state index contributed by atoms with van der Waals surface area (Å²) in [6, 6.07) is 3.57. The number of halogens is 2. The summed E-state index contributed by atoms with van der Waals surface area (Å²) in [7, 11) is 0. The molecule has 11 nitrogen and oxygen atoms in total. The van der Waals surface area contributed by atoms with Crippen molar-refractivity contribution in [2.24, 2.45) is 0 Å². The second-order valence-electron chi connectivity index (χ2n) is 8.13. The quantitative estimate of drug-likeness (QED) is 0.532. The van der Waals surface area contributed by atoms with Crippen LogP contribution in [0, 0.1) is 11.6 Å². The Bertz CT molecular complexity index is 1150. The number of rotatable bonds is 8. The van der Waals surface area contributed by atoms with Crippen LogP contribution in [0.25, 0.3) is 5.57 Å². The molecule has 192 valence electrons. The summed E-state index contributed by atoms with van der Waals surface area (Å²) >= 11 is 0. The Morgan fingerprint density at radius 2 is 2.06 bits per heavy atom. The van der Waals surface area contributed by atoms with Gasteiger partial charge in [-0.1, -0.05) is 6.08 Å². The van der Waals surface area contributed by atoms with Crippen molar-refractivity contribution >= 4 is 29.2 Å². The van der Waals surface area contributed by atoms with Crippen LogP contribution in [0.1, 0.15) is 18.9 Å². The van der Waals surface area contributed by atoms with E-state index in [-0.39, 0.29) is 49.8 Å². The molecule has 1 aromatic heterocycles. The highest BCUT2D eigenvalue weighted by atomic mass is 19.1. The number of nitrogens with zero attached hydrogens (tertiary/aromatic N) is 3. The highest BCUT2D eigenvalue weighted by Crippen LogP contribution is 2.32. The van der Waals surface area contributed by atoms with E-state index in [0.717, 1.165) is 24.0 Å². The van der Waals surface area contributed by atoms with Gasteiger partial charge in [0.15, 0.2) is 12.2 Å². The van der Waals surface area contributed by atoms with Crippen LogP contribution in [-0.4, -0.2) is 78.2 Å². The first-order chi connectivity index (χ1) is 17.2. The molecule has 1 aromatic carbocycles.